The van der Waals surface area contributed by atoms with E-state index in [1.54, 1.807) is 7.11 Å². The Balaban J connectivity index is 2.63. The van der Waals surface area contributed by atoms with E-state index in [0.29, 0.717) is 0 Å². The molecule has 0 spiro atoms. The molecule has 0 radical (unpaired) electrons. The van der Waals surface area contributed by atoms with Gasteiger partial charge < -0.3 is 14.6 Å². The SMILES string of the molecule is CO[C@@H]1O[C@@H](C)[C@H](C)[C@H](O)[C@H]1C. The smallest absolute Gasteiger partial charge is 0.162 e. The fraction of sp³-hybridized carbons (Fsp3) is 1.00. The maximum absolute atomic E-state index is 9.76. The van der Waals surface area contributed by atoms with E-state index in [9.17, 15) is 5.11 Å². The normalized spacial score (nSPS) is 49.2. The minimum absolute atomic E-state index is 0.0567. The van der Waals surface area contributed by atoms with Crippen molar-refractivity contribution in [3.05, 3.63) is 0 Å². The predicted molar refractivity (Wildman–Crippen MR) is 45.7 cm³/mol. The summed E-state index contributed by atoms with van der Waals surface area (Å²) >= 11 is 0. The summed E-state index contributed by atoms with van der Waals surface area (Å²) in [7, 11) is 1.61. The van der Waals surface area contributed by atoms with Crippen molar-refractivity contribution < 1.29 is 14.6 Å². The first kappa shape index (κ1) is 9.96. The van der Waals surface area contributed by atoms with Crippen LogP contribution in [0.4, 0.5) is 0 Å². The highest BCUT2D eigenvalue weighted by Crippen LogP contribution is 2.29. The van der Waals surface area contributed by atoms with Gasteiger partial charge in [-0.3, -0.25) is 0 Å². The molecule has 1 rings (SSSR count). The number of methoxy groups -OCH3 is 1. The molecule has 5 atom stereocenters. The number of aliphatic hydroxyl groups excluding tert-OH is 1. The molecule has 0 amide bonds. The summed E-state index contributed by atoms with van der Waals surface area (Å²) in [5, 5.41) is 9.76. The zero-order valence-corrected chi connectivity index (χ0v) is 8.15. The summed E-state index contributed by atoms with van der Waals surface area (Å²) in [6, 6.07) is 0. The van der Waals surface area contributed by atoms with Crippen LogP contribution in [0.25, 0.3) is 0 Å². The molecule has 0 aliphatic carbocycles. The highest BCUT2D eigenvalue weighted by molar-refractivity contribution is 4.82. The van der Waals surface area contributed by atoms with Gasteiger partial charge in [0.05, 0.1) is 12.2 Å². The highest BCUT2D eigenvalue weighted by Gasteiger charge is 2.38. The molecule has 1 heterocycles. The molecule has 1 aliphatic rings. The Morgan fingerprint density at radius 2 is 1.75 bits per heavy atom. The maximum Gasteiger partial charge on any atom is 0.162 e. The van der Waals surface area contributed by atoms with Crippen LogP contribution in [0.3, 0.4) is 0 Å². The monoisotopic (exact) mass is 174 g/mol. The number of hydrogen-bond donors (Lipinski definition) is 1. The Hall–Kier alpha value is -0.120. The number of hydrogen-bond acceptors (Lipinski definition) is 3. The van der Waals surface area contributed by atoms with Crippen molar-refractivity contribution in [2.24, 2.45) is 11.8 Å². The lowest BCUT2D eigenvalue weighted by Gasteiger charge is -2.40. The van der Waals surface area contributed by atoms with Crippen LogP contribution in [-0.4, -0.2) is 30.7 Å². The van der Waals surface area contributed by atoms with Gasteiger partial charge in [-0.2, -0.15) is 0 Å². The van der Waals surface area contributed by atoms with Crippen LogP contribution < -0.4 is 0 Å². The van der Waals surface area contributed by atoms with Crippen LogP contribution in [0.5, 0.6) is 0 Å². The number of aliphatic hydroxyl groups is 1. The Morgan fingerprint density at radius 3 is 2.25 bits per heavy atom. The summed E-state index contributed by atoms with van der Waals surface area (Å²) in [5.41, 5.74) is 0. The van der Waals surface area contributed by atoms with E-state index in [1.807, 2.05) is 20.8 Å². The van der Waals surface area contributed by atoms with Gasteiger partial charge in [0.1, 0.15) is 0 Å². The van der Waals surface area contributed by atoms with Gasteiger partial charge in [0, 0.05) is 18.9 Å². The molecule has 0 aromatic carbocycles. The third kappa shape index (κ3) is 1.63. The third-order valence-corrected chi connectivity index (χ3v) is 2.83. The first-order chi connectivity index (χ1) is 5.57. The Bertz CT molecular complexity index is 144. The van der Waals surface area contributed by atoms with E-state index < -0.39 is 0 Å². The van der Waals surface area contributed by atoms with E-state index >= 15 is 0 Å². The van der Waals surface area contributed by atoms with E-state index in [0.717, 1.165) is 0 Å². The van der Waals surface area contributed by atoms with Crippen LogP contribution >= 0.6 is 0 Å². The minimum Gasteiger partial charge on any atom is -0.392 e. The average molecular weight is 174 g/mol. The average Bonchev–Trinajstić information content (AvgIpc) is 2.08. The predicted octanol–water partition coefficient (Wildman–Crippen LogP) is 1.01. The van der Waals surface area contributed by atoms with Crippen molar-refractivity contribution in [3.8, 4) is 0 Å². The second kappa shape index (κ2) is 3.73. The molecule has 0 saturated carbocycles. The summed E-state index contributed by atoms with van der Waals surface area (Å²) in [4.78, 5) is 0. The van der Waals surface area contributed by atoms with Crippen LogP contribution in [0, 0.1) is 11.8 Å². The van der Waals surface area contributed by atoms with Crippen LogP contribution in [0.2, 0.25) is 0 Å². The van der Waals surface area contributed by atoms with Crippen molar-refractivity contribution in [1.82, 2.24) is 0 Å². The van der Waals surface area contributed by atoms with E-state index in [2.05, 4.69) is 0 Å². The first-order valence-electron chi connectivity index (χ1n) is 4.44. The van der Waals surface area contributed by atoms with Gasteiger partial charge in [-0.05, 0) is 6.92 Å². The molecule has 12 heavy (non-hydrogen) atoms. The van der Waals surface area contributed by atoms with Crippen molar-refractivity contribution in [3.63, 3.8) is 0 Å². The topological polar surface area (TPSA) is 38.7 Å². The Labute approximate surface area is 73.7 Å². The molecule has 0 unspecified atom stereocenters. The van der Waals surface area contributed by atoms with Crippen LogP contribution in [-0.2, 0) is 9.47 Å². The molecule has 1 fully saturated rings. The first-order valence-corrected chi connectivity index (χ1v) is 4.44. The van der Waals surface area contributed by atoms with E-state index in [1.165, 1.54) is 0 Å². The van der Waals surface area contributed by atoms with Crippen molar-refractivity contribution >= 4 is 0 Å². The standard InChI is InChI=1S/C9H18O3/c1-5-7(3)12-9(11-4)6(2)8(5)10/h5-10H,1-4H3/t5-,6+,7-,8-,9+/m0/s1. The van der Waals surface area contributed by atoms with Gasteiger partial charge in [-0.1, -0.05) is 13.8 Å². The van der Waals surface area contributed by atoms with Crippen molar-refractivity contribution in [2.75, 3.05) is 7.11 Å². The molecule has 72 valence electrons. The van der Waals surface area contributed by atoms with E-state index in [4.69, 9.17) is 9.47 Å². The van der Waals surface area contributed by atoms with Gasteiger partial charge in [-0.25, -0.2) is 0 Å². The minimum atomic E-state index is -0.321. The van der Waals surface area contributed by atoms with Gasteiger partial charge in [-0.15, -0.1) is 0 Å². The fourth-order valence-electron chi connectivity index (χ4n) is 1.65. The lowest BCUT2D eigenvalue weighted by atomic mass is 9.86. The van der Waals surface area contributed by atoms with Crippen LogP contribution in [0.1, 0.15) is 20.8 Å². The van der Waals surface area contributed by atoms with Gasteiger partial charge >= 0.3 is 0 Å². The molecule has 3 heteroatoms. The summed E-state index contributed by atoms with van der Waals surface area (Å²) < 4.78 is 10.7. The molecular formula is C9H18O3. The zero-order valence-electron chi connectivity index (χ0n) is 8.15. The summed E-state index contributed by atoms with van der Waals surface area (Å²) in [6.07, 6.45) is -0.508. The van der Waals surface area contributed by atoms with Gasteiger partial charge in [0.25, 0.3) is 0 Å². The number of ether oxygens (including phenoxy) is 2. The van der Waals surface area contributed by atoms with Gasteiger partial charge in [0.15, 0.2) is 6.29 Å². The second-order valence-corrected chi connectivity index (χ2v) is 3.65. The molecule has 3 nitrogen and oxygen atoms in total. The molecule has 1 aliphatic heterocycles. The van der Waals surface area contributed by atoms with Crippen molar-refractivity contribution in [2.45, 2.75) is 39.3 Å². The number of rotatable bonds is 1. The lowest BCUT2D eigenvalue weighted by Crippen LogP contribution is -2.48. The Kier molecular flexibility index (Phi) is 3.09. The largest absolute Gasteiger partial charge is 0.392 e. The third-order valence-electron chi connectivity index (χ3n) is 2.83. The molecule has 1 N–H and O–H groups in total. The molecule has 1 saturated heterocycles. The molecule has 0 aromatic heterocycles. The van der Waals surface area contributed by atoms with Crippen molar-refractivity contribution in [1.29, 1.82) is 0 Å². The quantitative estimate of drug-likeness (QED) is 0.644. The maximum atomic E-state index is 9.76. The molecule has 0 aromatic rings. The lowest BCUT2D eigenvalue weighted by molar-refractivity contribution is -0.248. The van der Waals surface area contributed by atoms with Crippen LogP contribution in [0.15, 0.2) is 0 Å². The summed E-state index contributed by atoms with van der Waals surface area (Å²) in [6.45, 7) is 5.91. The Morgan fingerprint density at radius 1 is 1.17 bits per heavy atom. The fourth-order valence-corrected chi connectivity index (χ4v) is 1.65. The molecular weight excluding hydrogens is 156 g/mol. The second-order valence-electron chi connectivity index (χ2n) is 3.65. The molecule has 0 bridgehead atoms. The summed E-state index contributed by atoms with van der Waals surface area (Å²) in [5.74, 6) is 0.243. The highest BCUT2D eigenvalue weighted by atomic mass is 16.7. The zero-order chi connectivity index (χ0) is 9.30. The van der Waals surface area contributed by atoms with Gasteiger partial charge in [0.2, 0.25) is 0 Å². The van der Waals surface area contributed by atoms with E-state index in [-0.39, 0.29) is 30.3 Å².